The van der Waals surface area contributed by atoms with E-state index in [2.05, 4.69) is 17.1 Å². The molecule has 4 nitrogen and oxygen atoms in total. The van der Waals surface area contributed by atoms with Crippen LogP contribution >= 0.6 is 11.8 Å². The van der Waals surface area contributed by atoms with E-state index in [0.29, 0.717) is 0 Å². The van der Waals surface area contributed by atoms with Crippen LogP contribution in [0.25, 0.3) is 0 Å². The fraction of sp³-hybridized carbons (Fsp3) is 0.818. The number of aromatic nitrogens is 2. The lowest BCUT2D eigenvalue weighted by molar-refractivity contribution is 0.369. The number of hydrogen-bond acceptors (Lipinski definition) is 5. The Balaban J connectivity index is 2.22. The highest BCUT2D eigenvalue weighted by Crippen LogP contribution is 2.11. The monoisotopic (exact) mass is 243 g/mol. The van der Waals surface area contributed by atoms with Crippen molar-refractivity contribution >= 4 is 11.8 Å². The molecule has 5 heteroatoms. The van der Waals surface area contributed by atoms with E-state index < -0.39 is 0 Å². The molecule has 0 fully saturated rings. The van der Waals surface area contributed by atoms with Gasteiger partial charge in [0.1, 0.15) is 0 Å². The van der Waals surface area contributed by atoms with E-state index in [1.165, 1.54) is 6.42 Å². The summed E-state index contributed by atoms with van der Waals surface area (Å²) in [4.78, 5) is 4.34. The summed E-state index contributed by atoms with van der Waals surface area (Å²) in [5, 5.41) is 3.95. The van der Waals surface area contributed by atoms with E-state index in [9.17, 15) is 0 Å². The van der Waals surface area contributed by atoms with E-state index in [0.717, 1.165) is 42.5 Å². The van der Waals surface area contributed by atoms with Gasteiger partial charge in [-0.2, -0.15) is 16.7 Å². The van der Waals surface area contributed by atoms with Gasteiger partial charge in [0.25, 0.3) is 0 Å². The molecule has 92 valence electrons. The summed E-state index contributed by atoms with van der Waals surface area (Å²) in [6.45, 7) is 4.18. The van der Waals surface area contributed by atoms with Gasteiger partial charge in [-0.1, -0.05) is 12.1 Å². The molecule has 2 N–H and O–H groups in total. The van der Waals surface area contributed by atoms with Crippen molar-refractivity contribution in [3.63, 3.8) is 0 Å². The Morgan fingerprint density at radius 2 is 2.31 bits per heavy atom. The third-order valence-electron chi connectivity index (χ3n) is 2.14. The molecule has 0 aliphatic carbocycles. The van der Waals surface area contributed by atoms with Crippen molar-refractivity contribution in [2.24, 2.45) is 5.73 Å². The van der Waals surface area contributed by atoms with Gasteiger partial charge in [0, 0.05) is 12.5 Å². The van der Waals surface area contributed by atoms with E-state index >= 15 is 0 Å². The Labute approximate surface area is 101 Å². The highest BCUT2D eigenvalue weighted by molar-refractivity contribution is 7.98. The minimum atomic E-state index is 0.252. The zero-order valence-corrected chi connectivity index (χ0v) is 10.9. The van der Waals surface area contributed by atoms with Crippen LogP contribution in [0.2, 0.25) is 0 Å². The molecule has 16 heavy (non-hydrogen) atoms. The summed E-state index contributed by atoms with van der Waals surface area (Å²) in [5.74, 6) is 3.56. The molecule has 1 heterocycles. The standard InChI is InChI=1S/C11H21N3OS/c1-3-7-16-8-10-13-11(15-14-10)6-4-5-9(2)12/h9H,3-8,12H2,1-2H3. The minimum Gasteiger partial charge on any atom is -0.339 e. The van der Waals surface area contributed by atoms with E-state index in [1.807, 2.05) is 18.7 Å². The average Bonchev–Trinajstić information content (AvgIpc) is 2.66. The number of rotatable bonds is 8. The summed E-state index contributed by atoms with van der Waals surface area (Å²) in [6, 6.07) is 0.252. The first kappa shape index (κ1) is 13.5. The fourth-order valence-corrected chi connectivity index (χ4v) is 2.07. The smallest absolute Gasteiger partial charge is 0.226 e. The largest absolute Gasteiger partial charge is 0.339 e. The molecule has 0 saturated carbocycles. The molecule has 0 saturated heterocycles. The first-order chi connectivity index (χ1) is 7.72. The second-order valence-electron chi connectivity index (χ2n) is 4.03. The molecular weight excluding hydrogens is 222 g/mol. The van der Waals surface area contributed by atoms with Gasteiger partial charge in [0.15, 0.2) is 5.82 Å². The van der Waals surface area contributed by atoms with Gasteiger partial charge in [0.05, 0.1) is 5.75 Å². The molecule has 0 bridgehead atoms. The first-order valence-corrected chi connectivity index (χ1v) is 7.02. The van der Waals surface area contributed by atoms with Crippen molar-refractivity contribution < 1.29 is 4.52 Å². The maximum atomic E-state index is 5.67. The van der Waals surface area contributed by atoms with Crippen molar-refractivity contribution in [1.29, 1.82) is 0 Å². The normalized spacial score (nSPS) is 12.9. The van der Waals surface area contributed by atoms with Crippen molar-refractivity contribution in [3.8, 4) is 0 Å². The number of nitrogens with two attached hydrogens (primary N) is 1. The molecule has 1 atom stereocenters. The van der Waals surface area contributed by atoms with Gasteiger partial charge >= 0.3 is 0 Å². The lowest BCUT2D eigenvalue weighted by atomic mass is 10.1. The summed E-state index contributed by atoms with van der Waals surface area (Å²) in [7, 11) is 0. The van der Waals surface area contributed by atoms with Crippen LogP contribution in [0.3, 0.4) is 0 Å². The summed E-state index contributed by atoms with van der Waals surface area (Å²) in [5.41, 5.74) is 5.67. The molecule has 1 rings (SSSR count). The Morgan fingerprint density at radius 1 is 1.50 bits per heavy atom. The summed E-state index contributed by atoms with van der Waals surface area (Å²) in [6.07, 6.45) is 4.04. The molecule has 0 amide bonds. The maximum Gasteiger partial charge on any atom is 0.226 e. The van der Waals surface area contributed by atoms with Crippen LogP contribution in [0.5, 0.6) is 0 Å². The predicted molar refractivity (Wildman–Crippen MR) is 67.3 cm³/mol. The van der Waals surface area contributed by atoms with Crippen molar-refractivity contribution in [1.82, 2.24) is 10.1 Å². The highest BCUT2D eigenvalue weighted by Gasteiger charge is 2.06. The fourth-order valence-electron chi connectivity index (χ4n) is 1.33. The first-order valence-electron chi connectivity index (χ1n) is 5.87. The van der Waals surface area contributed by atoms with Crippen LogP contribution < -0.4 is 5.73 Å². The van der Waals surface area contributed by atoms with Crippen molar-refractivity contribution in [2.45, 2.75) is 51.3 Å². The van der Waals surface area contributed by atoms with Gasteiger partial charge in [0.2, 0.25) is 5.89 Å². The summed E-state index contributed by atoms with van der Waals surface area (Å²) >= 11 is 1.84. The zero-order valence-electron chi connectivity index (χ0n) is 10.1. The molecule has 1 unspecified atom stereocenters. The lowest BCUT2D eigenvalue weighted by Crippen LogP contribution is -2.14. The van der Waals surface area contributed by atoms with Crippen molar-refractivity contribution in [3.05, 3.63) is 11.7 Å². The minimum absolute atomic E-state index is 0.252. The Hall–Kier alpha value is -0.550. The lowest BCUT2D eigenvalue weighted by Gasteiger charge is -2.00. The molecular formula is C11H21N3OS. The number of aryl methyl sites for hydroxylation is 1. The van der Waals surface area contributed by atoms with E-state index in [-0.39, 0.29) is 6.04 Å². The molecule has 1 aromatic rings. The molecule has 0 aliphatic rings. The van der Waals surface area contributed by atoms with Gasteiger partial charge in [-0.25, -0.2) is 0 Å². The van der Waals surface area contributed by atoms with Crippen LogP contribution in [0.1, 0.15) is 44.8 Å². The van der Waals surface area contributed by atoms with Gasteiger partial charge in [-0.3, -0.25) is 0 Å². The Kier molecular flexibility index (Phi) is 6.49. The quantitative estimate of drug-likeness (QED) is 0.710. The van der Waals surface area contributed by atoms with Gasteiger partial charge in [-0.15, -0.1) is 0 Å². The predicted octanol–water partition coefficient (Wildman–Crippen LogP) is 2.38. The van der Waals surface area contributed by atoms with Crippen LogP contribution in [-0.4, -0.2) is 21.9 Å². The second-order valence-corrected chi connectivity index (χ2v) is 5.13. The molecule has 0 aliphatic heterocycles. The van der Waals surface area contributed by atoms with Crippen LogP contribution in [0, 0.1) is 0 Å². The Morgan fingerprint density at radius 3 is 3.00 bits per heavy atom. The average molecular weight is 243 g/mol. The zero-order chi connectivity index (χ0) is 11.8. The molecule has 0 spiro atoms. The molecule has 0 radical (unpaired) electrons. The number of thioether (sulfide) groups is 1. The Bertz CT molecular complexity index is 289. The van der Waals surface area contributed by atoms with Crippen LogP contribution in [-0.2, 0) is 12.2 Å². The third kappa shape index (κ3) is 5.51. The van der Waals surface area contributed by atoms with Gasteiger partial charge < -0.3 is 10.3 Å². The van der Waals surface area contributed by atoms with Gasteiger partial charge in [-0.05, 0) is 31.9 Å². The SMILES string of the molecule is CCCSCc1noc(CCCC(C)N)n1. The van der Waals surface area contributed by atoms with E-state index in [1.54, 1.807) is 0 Å². The van der Waals surface area contributed by atoms with E-state index in [4.69, 9.17) is 10.3 Å². The molecule has 1 aromatic heterocycles. The second kappa shape index (κ2) is 7.68. The maximum absolute atomic E-state index is 5.67. The summed E-state index contributed by atoms with van der Waals surface area (Å²) < 4.78 is 5.16. The highest BCUT2D eigenvalue weighted by atomic mass is 32.2. The number of hydrogen-bond donors (Lipinski definition) is 1. The third-order valence-corrected chi connectivity index (χ3v) is 3.30. The molecule has 0 aromatic carbocycles. The van der Waals surface area contributed by atoms with Crippen LogP contribution in [0.4, 0.5) is 0 Å². The number of nitrogens with zero attached hydrogens (tertiary/aromatic N) is 2. The van der Waals surface area contributed by atoms with Crippen LogP contribution in [0.15, 0.2) is 4.52 Å². The van der Waals surface area contributed by atoms with Crippen molar-refractivity contribution in [2.75, 3.05) is 5.75 Å². The topological polar surface area (TPSA) is 64.9 Å².